The van der Waals surface area contributed by atoms with Gasteiger partial charge in [0.15, 0.2) is 0 Å². The number of halogens is 2. The number of carbonyl (C=O) groups excluding carboxylic acids is 1. The quantitative estimate of drug-likeness (QED) is 0.742. The van der Waals surface area contributed by atoms with Crippen molar-refractivity contribution >= 4 is 43.5 Å². The Hall–Kier alpha value is -1.33. The molecular weight excluding hydrogens is 396 g/mol. The summed E-state index contributed by atoms with van der Waals surface area (Å²) in [5.74, 6) is -0.112. The molecule has 3 N–H and O–H groups in total. The maximum Gasteiger partial charge on any atom is 0.251 e. The first-order valence-electron chi connectivity index (χ1n) is 6.56. The molecule has 0 aliphatic carbocycles. The minimum atomic E-state index is -0.112. The lowest BCUT2D eigenvalue weighted by molar-refractivity contribution is 0.0940. The third-order valence-electron chi connectivity index (χ3n) is 3.09. The first-order valence-corrected chi connectivity index (χ1v) is 8.14. The van der Waals surface area contributed by atoms with Gasteiger partial charge in [0.1, 0.15) is 0 Å². The topological polar surface area (TPSA) is 55.1 Å². The summed E-state index contributed by atoms with van der Waals surface area (Å²) in [5.41, 5.74) is 8.10. The molecule has 1 unspecified atom stereocenters. The molecule has 0 spiro atoms. The van der Waals surface area contributed by atoms with Gasteiger partial charge in [0.25, 0.3) is 5.91 Å². The molecule has 0 saturated carbocycles. The van der Waals surface area contributed by atoms with Crippen molar-refractivity contribution in [2.24, 2.45) is 0 Å². The van der Waals surface area contributed by atoms with Gasteiger partial charge in [-0.25, -0.2) is 0 Å². The van der Waals surface area contributed by atoms with Crippen LogP contribution in [0.2, 0.25) is 0 Å². The molecular formula is C16H16Br2N2O. The summed E-state index contributed by atoms with van der Waals surface area (Å²) >= 11 is 6.73. The van der Waals surface area contributed by atoms with Gasteiger partial charge in [-0.2, -0.15) is 0 Å². The Morgan fingerprint density at radius 3 is 2.48 bits per heavy atom. The predicted molar refractivity (Wildman–Crippen MR) is 93.3 cm³/mol. The van der Waals surface area contributed by atoms with E-state index in [0.29, 0.717) is 11.3 Å². The Kier molecular flexibility index (Phi) is 5.42. The molecule has 2 rings (SSSR count). The highest BCUT2D eigenvalue weighted by Crippen LogP contribution is 2.20. The summed E-state index contributed by atoms with van der Waals surface area (Å²) in [6.07, 6.45) is 0.783. The fourth-order valence-corrected chi connectivity index (χ4v) is 2.53. The molecule has 0 bridgehead atoms. The minimum Gasteiger partial charge on any atom is -0.398 e. The molecule has 0 radical (unpaired) electrons. The molecule has 3 nitrogen and oxygen atoms in total. The molecule has 0 saturated heterocycles. The number of hydrogen-bond acceptors (Lipinski definition) is 2. The summed E-state index contributed by atoms with van der Waals surface area (Å²) in [5, 5.41) is 2.98. The van der Waals surface area contributed by atoms with Gasteiger partial charge in [0.2, 0.25) is 0 Å². The van der Waals surface area contributed by atoms with Crippen molar-refractivity contribution < 1.29 is 4.79 Å². The monoisotopic (exact) mass is 410 g/mol. The third kappa shape index (κ3) is 4.58. The molecule has 110 valence electrons. The highest BCUT2D eigenvalue weighted by molar-refractivity contribution is 9.10. The van der Waals surface area contributed by atoms with Crippen LogP contribution in [0.4, 0.5) is 5.69 Å². The average molecular weight is 412 g/mol. The van der Waals surface area contributed by atoms with Crippen molar-refractivity contribution in [3.8, 4) is 0 Å². The second-order valence-corrected chi connectivity index (χ2v) is 6.71. The first kappa shape index (κ1) is 16.0. The van der Waals surface area contributed by atoms with E-state index in [4.69, 9.17) is 5.73 Å². The van der Waals surface area contributed by atoms with Crippen molar-refractivity contribution in [1.82, 2.24) is 5.32 Å². The summed E-state index contributed by atoms with van der Waals surface area (Å²) in [4.78, 5) is 12.2. The van der Waals surface area contributed by atoms with Crippen LogP contribution in [-0.2, 0) is 6.42 Å². The Labute approximate surface area is 141 Å². The van der Waals surface area contributed by atoms with E-state index in [0.717, 1.165) is 15.4 Å². The van der Waals surface area contributed by atoms with Gasteiger partial charge < -0.3 is 11.1 Å². The van der Waals surface area contributed by atoms with E-state index in [9.17, 15) is 4.79 Å². The Morgan fingerprint density at radius 1 is 1.19 bits per heavy atom. The number of rotatable bonds is 4. The van der Waals surface area contributed by atoms with Gasteiger partial charge in [-0.15, -0.1) is 0 Å². The van der Waals surface area contributed by atoms with Crippen LogP contribution < -0.4 is 11.1 Å². The van der Waals surface area contributed by atoms with E-state index >= 15 is 0 Å². The van der Waals surface area contributed by atoms with Crippen LogP contribution in [0, 0.1) is 0 Å². The predicted octanol–water partition coefficient (Wildman–Crippen LogP) is 4.15. The molecule has 2 aromatic rings. The fourth-order valence-electron chi connectivity index (χ4n) is 2.02. The Morgan fingerprint density at radius 2 is 1.86 bits per heavy atom. The first-order chi connectivity index (χ1) is 9.95. The molecule has 0 fully saturated rings. The van der Waals surface area contributed by atoms with Crippen LogP contribution in [0.15, 0.2) is 51.4 Å². The van der Waals surface area contributed by atoms with E-state index in [-0.39, 0.29) is 11.9 Å². The van der Waals surface area contributed by atoms with Gasteiger partial charge in [-0.05, 0) is 65.2 Å². The van der Waals surface area contributed by atoms with Crippen LogP contribution in [0.3, 0.4) is 0 Å². The zero-order valence-electron chi connectivity index (χ0n) is 11.6. The molecule has 0 heterocycles. The van der Waals surface area contributed by atoms with E-state index in [1.165, 1.54) is 5.56 Å². The number of anilines is 1. The highest BCUT2D eigenvalue weighted by Gasteiger charge is 2.11. The molecule has 0 aliphatic rings. The van der Waals surface area contributed by atoms with Crippen LogP contribution in [0.1, 0.15) is 22.8 Å². The zero-order valence-corrected chi connectivity index (χ0v) is 14.7. The number of nitrogens with two attached hydrogens (primary N) is 1. The maximum atomic E-state index is 12.2. The van der Waals surface area contributed by atoms with Crippen molar-refractivity contribution in [3.05, 3.63) is 62.5 Å². The van der Waals surface area contributed by atoms with Gasteiger partial charge in [-0.1, -0.05) is 28.1 Å². The number of amides is 1. The van der Waals surface area contributed by atoms with Crippen LogP contribution in [-0.4, -0.2) is 11.9 Å². The van der Waals surface area contributed by atoms with Crippen molar-refractivity contribution in [2.75, 3.05) is 5.73 Å². The number of nitrogen functional groups attached to an aromatic ring is 1. The van der Waals surface area contributed by atoms with Gasteiger partial charge in [-0.3, -0.25) is 4.79 Å². The molecule has 5 heteroatoms. The smallest absolute Gasteiger partial charge is 0.251 e. The molecule has 0 aromatic heterocycles. The van der Waals surface area contributed by atoms with E-state index in [1.54, 1.807) is 18.2 Å². The molecule has 1 amide bonds. The zero-order chi connectivity index (χ0) is 15.4. The Balaban J connectivity index is 1.98. The summed E-state index contributed by atoms with van der Waals surface area (Å²) < 4.78 is 1.84. The summed E-state index contributed by atoms with van der Waals surface area (Å²) in [6.45, 7) is 1.99. The molecule has 1 atom stereocenters. The lowest BCUT2D eigenvalue weighted by Gasteiger charge is -2.14. The average Bonchev–Trinajstić information content (AvgIpc) is 2.44. The number of hydrogen-bond donors (Lipinski definition) is 2. The van der Waals surface area contributed by atoms with Crippen LogP contribution >= 0.6 is 31.9 Å². The normalized spacial score (nSPS) is 12.0. The van der Waals surface area contributed by atoms with Gasteiger partial charge >= 0.3 is 0 Å². The van der Waals surface area contributed by atoms with Crippen molar-refractivity contribution in [1.29, 1.82) is 0 Å². The number of benzene rings is 2. The summed E-state index contributed by atoms with van der Waals surface area (Å²) in [7, 11) is 0. The van der Waals surface area contributed by atoms with Gasteiger partial charge in [0, 0.05) is 26.2 Å². The molecule has 21 heavy (non-hydrogen) atoms. The van der Waals surface area contributed by atoms with Crippen LogP contribution in [0.5, 0.6) is 0 Å². The van der Waals surface area contributed by atoms with E-state index < -0.39 is 0 Å². The SMILES string of the molecule is CC(Cc1ccc(Br)cc1)NC(=O)c1ccc(Br)c(N)c1. The van der Waals surface area contributed by atoms with Crippen molar-refractivity contribution in [3.63, 3.8) is 0 Å². The largest absolute Gasteiger partial charge is 0.398 e. The van der Waals surface area contributed by atoms with Gasteiger partial charge in [0.05, 0.1) is 0 Å². The third-order valence-corrected chi connectivity index (χ3v) is 4.34. The maximum absolute atomic E-state index is 12.2. The van der Waals surface area contributed by atoms with E-state index in [2.05, 4.69) is 37.2 Å². The second kappa shape index (κ2) is 7.09. The Bertz CT molecular complexity index is 641. The lowest BCUT2D eigenvalue weighted by Crippen LogP contribution is -2.34. The second-order valence-electron chi connectivity index (χ2n) is 4.94. The summed E-state index contributed by atoms with van der Waals surface area (Å²) in [6, 6.07) is 13.3. The van der Waals surface area contributed by atoms with Crippen molar-refractivity contribution in [2.45, 2.75) is 19.4 Å². The fraction of sp³-hybridized carbons (Fsp3) is 0.188. The lowest BCUT2D eigenvalue weighted by atomic mass is 10.1. The highest BCUT2D eigenvalue weighted by atomic mass is 79.9. The molecule has 0 aliphatic heterocycles. The minimum absolute atomic E-state index is 0.0450. The standard InChI is InChI=1S/C16H16Br2N2O/c1-10(8-11-2-5-13(17)6-3-11)20-16(21)12-4-7-14(18)15(19)9-12/h2-7,9-10H,8,19H2,1H3,(H,20,21). The number of nitrogens with one attached hydrogen (secondary N) is 1. The molecule has 2 aromatic carbocycles. The van der Waals surface area contributed by atoms with E-state index in [1.807, 2.05) is 31.2 Å². The number of carbonyl (C=O) groups is 1. The van der Waals surface area contributed by atoms with Crippen LogP contribution in [0.25, 0.3) is 0 Å².